The molecule has 0 aliphatic carbocycles. The average Bonchev–Trinajstić information content (AvgIpc) is 3.63. The average molecular weight is 490 g/mol. The second kappa shape index (κ2) is 9.68. The Kier molecular flexibility index (Phi) is 6.29. The molecule has 1 aliphatic rings. The molecule has 4 aromatic rings. The van der Waals surface area contributed by atoms with Crippen molar-refractivity contribution in [3.05, 3.63) is 59.7 Å². The van der Waals surface area contributed by atoms with Crippen molar-refractivity contribution in [3.63, 3.8) is 0 Å². The number of hydrogen-bond acceptors (Lipinski definition) is 9. The Morgan fingerprint density at radius 1 is 1.11 bits per heavy atom. The Morgan fingerprint density at radius 2 is 1.91 bits per heavy atom. The number of furan rings is 1. The fraction of sp³-hybridized carbons (Fsp3) is 0.292. The number of nitrogens with zero attached hydrogens (tertiary/aromatic N) is 7. The third-order valence-corrected chi connectivity index (χ3v) is 6.76. The Morgan fingerprint density at radius 3 is 2.63 bits per heavy atom. The topological polar surface area (TPSA) is 117 Å². The van der Waals surface area contributed by atoms with Crippen LogP contribution in [0.3, 0.4) is 0 Å². The van der Waals surface area contributed by atoms with Crippen molar-refractivity contribution in [2.45, 2.75) is 19.0 Å². The summed E-state index contributed by atoms with van der Waals surface area (Å²) in [5.74, 6) is 2.20. The SMILES string of the molecule is Cc1ccccc1-n1c(C)nnc1SCC(=O)N1CCN(c2oc(-c3ccco3)nc2C#N)CC1. The number of aromatic nitrogens is 4. The molecule has 0 saturated carbocycles. The second-order valence-corrected chi connectivity index (χ2v) is 9.01. The number of hydrogen-bond donors (Lipinski definition) is 0. The number of piperazine rings is 1. The van der Waals surface area contributed by atoms with Crippen LogP contribution in [-0.4, -0.2) is 62.5 Å². The van der Waals surface area contributed by atoms with Crippen molar-refractivity contribution in [2.75, 3.05) is 36.8 Å². The Balaban J connectivity index is 1.22. The van der Waals surface area contributed by atoms with Gasteiger partial charge in [0.15, 0.2) is 10.9 Å². The molecule has 11 heteroatoms. The lowest BCUT2D eigenvalue weighted by Crippen LogP contribution is -2.49. The molecule has 0 atom stereocenters. The van der Waals surface area contributed by atoms with E-state index in [1.165, 1.54) is 18.0 Å². The molecule has 35 heavy (non-hydrogen) atoms. The van der Waals surface area contributed by atoms with Gasteiger partial charge < -0.3 is 18.6 Å². The summed E-state index contributed by atoms with van der Waals surface area (Å²) in [6.07, 6.45) is 1.53. The van der Waals surface area contributed by atoms with Crippen LogP contribution >= 0.6 is 11.8 Å². The Hall–Kier alpha value is -4.04. The van der Waals surface area contributed by atoms with E-state index in [1.807, 2.05) is 52.5 Å². The molecule has 0 radical (unpaired) electrons. The summed E-state index contributed by atoms with van der Waals surface area (Å²) in [5.41, 5.74) is 2.32. The van der Waals surface area contributed by atoms with Crippen molar-refractivity contribution < 1.29 is 13.6 Å². The first-order valence-electron chi connectivity index (χ1n) is 11.1. The van der Waals surface area contributed by atoms with E-state index in [2.05, 4.69) is 21.3 Å². The summed E-state index contributed by atoms with van der Waals surface area (Å²) in [6.45, 7) is 6.06. The number of aryl methyl sites for hydroxylation is 2. The Labute approximate surface area is 206 Å². The van der Waals surface area contributed by atoms with E-state index in [4.69, 9.17) is 8.83 Å². The summed E-state index contributed by atoms with van der Waals surface area (Å²) in [7, 11) is 0. The standard InChI is InChI=1S/C24H23N7O3S/c1-16-6-3-4-7-19(16)31-17(2)27-28-24(31)35-15-21(32)29-9-11-30(12-10-29)23-18(14-25)26-22(34-23)20-8-5-13-33-20/h3-8,13H,9-12,15H2,1-2H3. The highest BCUT2D eigenvalue weighted by molar-refractivity contribution is 7.99. The summed E-state index contributed by atoms with van der Waals surface area (Å²) < 4.78 is 13.1. The van der Waals surface area contributed by atoms with Gasteiger partial charge in [0.25, 0.3) is 5.89 Å². The van der Waals surface area contributed by atoms with Gasteiger partial charge in [0, 0.05) is 26.2 Å². The van der Waals surface area contributed by atoms with Crippen molar-refractivity contribution in [1.82, 2.24) is 24.6 Å². The minimum absolute atomic E-state index is 0.0287. The first-order chi connectivity index (χ1) is 17.0. The third kappa shape index (κ3) is 4.52. The molecule has 3 aromatic heterocycles. The van der Waals surface area contributed by atoms with Gasteiger partial charge in [-0.05, 0) is 37.6 Å². The van der Waals surface area contributed by atoms with Crippen LogP contribution in [0.5, 0.6) is 0 Å². The molecule has 1 aliphatic heterocycles. The molecule has 178 valence electrons. The number of thioether (sulfide) groups is 1. The summed E-state index contributed by atoms with van der Waals surface area (Å²) in [5, 5.41) is 18.7. The van der Waals surface area contributed by atoms with Crippen LogP contribution in [0, 0.1) is 25.2 Å². The van der Waals surface area contributed by atoms with Crippen molar-refractivity contribution in [1.29, 1.82) is 5.26 Å². The molecule has 4 heterocycles. The lowest BCUT2D eigenvalue weighted by atomic mass is 10.2. The molecule has 10 nitrogen and oxygen atoms in total. The van der Waals surface area contributed by atoms with E-state index in [1.54, 1.807) is 12.1 Å². The number of benzene rings is 1. The minimum Gasteiger partial charge on any atom is -0.459 e. The molecule has 1 aromatic carbocycles. The third-order valence-electron chi connectivity index (χ3n) is 5.84. The number of nitriles is 1. The smallest absolute Gasteiger partial charge is 0.266 e. The van der Waals surface area contributed by atoms with E-state index in [-0.39, 0.29) is 23.2 Å². The maximum atomic E-state index is 12.9. The maximum Gasteiger partial charge on any atom is 0.266 e. The molecule has 0 bridgehead atoms. The lowest BCUT2D eigenvalue weighted by molar-refractivity contribution is -0.128. The highest BCUT2D eigenvalue weighted by Crippen LogP contribution is 2.29. The number of carbonyl (C=O) groups is 1. The quantitative estimate of drug-likeness (QED) is 0.375. The lowest BCUT2D eigenvalue weighted by Gasteiger charge is -2.34. The molecular weight excluding hydrogens is 466 g/mol. The minimum atomic E-state index is 0.0287. The van der Waals surface area contributed by atoms with Crippen molar-refractivity contribution >= 4 is 23.6 Å². The zero-order valence-corrected chi connectivity index (χ0v) is 20.2. The number of carbonyl (C=O) groups excluding carboxylic acids is 1. The number of amides is 1. The molecule has 0 spiro atoms. The van der Waals surface area contributed by atoms with E-state index in [0.717, 1.165) is 17.1 Å². The first-order valence-corrected chi connectivity index (χ1v) is 12.1. The molecule has 1 saturated heterocycles. The van der Waals surface area contributed by atoms with Crippen LogP contribution in [0.2, 0.25) is 0 Å². The molecule has 1 fully saturated rings. The van der Waals surface area contributed by atoms with Gasteiger partial charge in [0.05, 0.1) is 17.7 Å². The molecule has 0 N–H and O–H groups in total. The highest BCUT2D eigenvalue weighted by atomic mass is 32.2. The van der Waals surface area contributed by atoms with Gasteiger partial charge in [-0.2, -0.15) is 10.2 Å². The summed E-state index contributed by atoms with van der Waals surface area (Å²) in [6, 6.07) is 13.6. The van der Waals surface area contributed by atoms with Crippen LogP contribution in [0.25, 0.3) is 17.3 Å². The summed E-state index contributed by atoms with van der Waals surface area (Å²) in [4.78, 5) is 20.9. The zero-order valence-electron chi connectivity index (χ0n) is 19.3. The van der Waals surface area contributed by atoms with Crippen LogP contribution in [-0.2, 0) is 4.79 Å². The van der Waals surface area contributed by atoms with Gasteiger partial charge in [-0.15, -0.1) is 10.2 Å². The number of rotatable bonds is 6. The van der Waals surface area contributed by atoms with E-state index >= 15 is 0 Å². The number of oxazole rings is 1. The number of anilines is 1. The molecule has 5 rings (SSSR count). The van der Waals surface area contributed by atoms with Crippen molar-refractivity contribution in [2.24, 2.45) is 0 Å². The largest absolute Gasteiger partial charge is 0.459 e. The summed E-state index contributed by atoms with van der Waals surface area (Å²) >= 11 is 1.38. The normalized spacial score (nSPS) is 13.7. The van der Waals surface area contributed by atoms with Crippen molar-refractivity contribution in [3.8, 4) is 23.4 Å². The van der Waals surface area contributed by atoms with Crippen LogP contribution < -0.4 is 4.90 Å². The second-order valence-electron chi connectivity index (χ2n) is 8.07. The number of para-hydroxylation sites is 1. The highest BCUT2D eigenvalue weighted by Gasteiger charge is 2.27. The van der Waals surface area contributed by atoms with Gasteiger partial charge in [0.2, 0.25) is 17.5 Å². The molecular formula is C24H23N7O3S. The van der Waals surface area contributed by atoms with Gasteiger partial charge in [-0.25, -0.2) is 0 Å². The van der Waals surface area contributed by atoms with Crippen LogP contribution in [0.1, 0.15) is 17.1 Å². The maximum absolute atomic E-state index is 12.9. The fourth-order valence-electron chi connectivity index (χ4n) is 4.01. The van der Waals surface area contributed by atoms with E-state index in [9.17, 15) is 10.1 Å². The molecule has 0 unspecified atom stereocenters. The van der Waals surface area contributed by atoms with E-state index < -0.39 is 0 Å². The van der Waals surface area contributed by atoms with Gasteiger partial charge in [-0.3, -0.25) is 9.36 Å². The van der Waals surface area contributed by atoms with Crippen LogP contribution in [0.4, 0.5) is 5.88 Å². The predicted octanol–water partition coefficient (Wildman–Crippen LogP) is 3.44. The molecule has 1 amide bonds. The van der Waals surface area contributed by atoms with Gasteiger partial charge in [0.1, 0.15) is 11.9 Å². The van der Waals surface area contributed by atoms with E-state index in [0.29, 0.717) is 43.0 Å². The fourth-order valence-corrected chi connectivity index (χ4v) is 4.90. The van der Waals surface area contributed by atoms with Gasteiger partial charge in [-0.1, -0.05) is 30.0 Å². The zero-order chi connectivity index (χ0) is 24.4. The van der Waals surface area contributed by atoms with Crippen LogP contribution in [0.15, 0.2) is 56.7 Å². The monoisotopic (exact) mass is 489 g/mol. The first kappa shape index (κ1) is 22.7. The predicted molar refractivity (Wildman–Crippen MR) is 129 cm³/mol. The van der Waals surface area contributed by atoms with Gasteiger partial charge >= 0.3 is 0 Å². The Bertz CT molecular complexity index is 1380.